The summed E-state index contributed by atoms with van der Waals surface area (Å²) in [6.07, 6.45) is 5.96. The molecule has 0 spiro atoms. The molecule has 1 N–H and O–H groups in total. The molecule has 1 aliphatic heterocycles. The summed E-state index contributed by atoms with van der Waals surface area (Å²) in [6.45, 7) is 10.5. The number of hydrogen-bond donors (Lipinski definition) is 1. The minimum Gasteiger partial charge on any atom is -0.393 e. The third-order valence-electron chi connectivity index (χ3n) is 4.75. The fourth-order valence-corrected chi connectivity index (χ4v) is 3.81. The van der Waals surface area contributed by atoms with Gasteiger partial charge in [0.25, 0.3) is 0 Å². The molecule has 2 aliphatic rings. The number of aliphatic hydroxyl groups is 1. The van der Waals surface area contributed by atoms with Crippen molar-refractivity contribution in [2.24, 2.45) is 11.8 Å². The standard InChI is InChI=1S/C16H31NO2/c1-4-5-13-6-7-15(18)14(10-13)11-17-8-9-19-16(2,3)12-17/h13-15,18H,4-12H2,1-3H3. The Kier molecular flexibility index (Phi) is 5.27. The van der Waals surface area contributed by atoms with Crippen LogP contribution in [0.25, 0.3) is 0 Å². The maximum Gasteiger partial charge on any atom is 0.0753 e. The summed E-state index contributed by atoms with van der Waals surface area (Å²) in [4.78, 5) is 2.49. The Labute approximate surface area is 118 Å². The highest BCUT2D eigenvalue weighted by Gasteiger charge is 2.33. The lowest BCUT2D eigenvalue weighted by Crippen LogP contribution is -2.51. The molecule has 3 atom stereocenters. The molecule has 0 aromatic rings. The summed E-state index contributed by atoms with van der Waals surface area (Å²) >= 11 is 0. The van der Waals surface area contributed by atoms with Gasteiger partial charge in [0, 0.05) is 19.6 Å². The first-order valence-corrected chi connectivity index (χ1v) is 8.04. The van der Waals surface area contributed by atoms with Crippen LogP contribution in [0.4, 0.5) is 0 Å². The second-order valence-corrected chi connectivity index (χ2v) is 7.14. The van der Waals surface area contributed by atoms with Gasteiger partial charge in [-0.3, -0.25) is 4.90 Å². The van der Waals surface area contributed by atoms with E-state index >= 15 is 0 Å². The van der Waals surface area contributed by atoms with Crippen LogP contribution in [0.2, 0.25) is 0 Å². The number of nitrogens with zero attached hydrogens (tertiary/aromatic N) is 1. The number of ether oxygens (including phenoxy) is 1. The fourth-order valence-electron chi connectivity index (χ4n) is 3.81. The quantitative estimate of drug-likeness (QED) is 0.851. The molecule has 1 saturated carbocycles. The lowest BCUT2D eigenvalue weighted by atomic mass is 9.77. The van der Waals surface area contributed by atoms with Gasteiger partial charge in [0.1, 0.15) is 0 Å². The second-order valence-electron chi connectivity index (χ2n) is 7.14. The van der Waals surface area contributed by atoms with Gasteiger partial charge < -0.3 is 9.84 Å². The number of aliphatic hydroxyl groups excluding tert-OH is 1. The van der Waals surface area contributed by atoms with Gasteiger partial charge in [0.2, 0.25) is 0 Å². The van der Waals surface area contributed by atoms with Crippen LogP contribution in [-0.2, 0) is 4.74 Å². The van der Waals surface area contributed by atoms with Crippen molar-refractivity contribution in [3.63, 3.8) is 0 Å². The summed E-state index contributed by atoms with van der Waals surface area (Å²) in [5, 5.41) is 10.3. The Morgan fingerprint density at radius 3 is 2.79 bits per heavy atom. The van der Waals surface area contributed by atoms with Gasteiger partial charge in [-0.05, 0) is 44.9 Å². The highest BCUT2D eigenvalue weighted by molar-refractivity contribution is 4.85. The predicted molar refractivity (Wildman–Crippen MR) is 78.2 cm³/mol. The first-order valence-electron chi connectivity index (χ1n) is 8.04. The van der Waals surface area contributed by atoms with Crippen molar-refractivity contribution in [1.82, 2.24) is 4.90 Å². The van der Waals surface area contributed by atoms with Crippen LogP contribution in [0.15, 0.2) is 0 Å². The van der Waals surface area contributed by atoms with E-state index in [-0.39, 0.29) is 11.7 Å². The summed E-state index contributed by atoms with van der Waals surface area (Å²) in [6, 6.07) is 0. The Balaban J connectivity index is 1.85. The molecule has 3 heteroatoms. The maximum absolute atomic E-state index is 10.3. The molecule has 3 unspecified atom stereocenters. The first-order chi connectivity index (χ1) is 9.00. The van der Waals surface area contributed by atoms with Crippen molar-refractivity contribution < 1.29 is 9.84 Å². The minimum absolute atomic E-state index is 0.0271. The van der Waals surface area contributed by atoms with Crippen LogP contribution in [0.5, 0.6) is 0 Å². The average molecular weight is 269 g/mol. The van der Waals surface area contributed by atoms with Gasteiger partial charge in [-0.1, -0.05) is 19.8 Å². The smallest absolute Gasteiger partial charge is 0.0753 e. The Morgan fingerprint density at radius 2 is 2.11 bits per heavy atom. The number of morpholine rings is 1. The van der Waals surface area contributed by atoms with E-state index in [1.807, 2.05) is 0 Å². The minimum atomic E-state index is -0.0842. The molecule has 1 heterocycles. The maximum atomic E-state index is 10.3. The molecule has 1 aliphatic carbocycles. The third kappa shape index (κ3) is 4.44. The van der Waals surface area contributed by atoms with Crippen molar-refractivity contribution in [3.05, 3.63) is 0 Å². The molecule has 19 heavy (non-hydrogen) atoms. The van der Waals surface area contributed by atoms with Crippen LogP contribution in [0, 0.1) is 11.8 Å². The first kappa shape index (κ1) is 15.3. The topological polar surface area (TPSA) is 32.7 Å². The Hall–Kier alpha value is -0.120. The molecule has 3 nitrogen and oxygen atoms in total. The van der Waals surface area contributed by atoms with Crippen LogP contribution >= 0.6 is 0 Å². The predicted octanol–water partition coefficient (Wildman–Crippen LogP) is 2.67. The van der Waals surface area contributed by atoms with Crippen molar-refractivity contribution in [1.29, 1.82) is 0 Å². The van der Waals surface area contributed by atoms with E-state index < -0.39 is 0 Å². The van der Waals surface area contributed by atoms with Crippen molar-refractivity contribution >= 4 is 0 Å². The third-order valence-corrected chi connectivity index (χ3v) is 4.75. The van der Waals surface area contributed by atoms with E-state index in [4.69, 9.17) is 4.74 Å². The molecule has 0 bridgehead atoms. The molecule has 0 amide bonds. The van der Waals surface area contributed by atoms with Crippen LogP contribution in [0.1, 0.15) is 52.9 Å². The van der Waals surface area contributed by atoms with E-state index in [1.54, 1.807) is 0 Å². The van der Waals surface area contributed by atoms with E-state index in [1.165, 1.54) is 25.7 Å². The molecular weight excluding hydrogens is 238 g/mol. The Morgan fingerprint density at radius 1 is 1.32 bits per heavy atom. The molecule has 112 valence electrons. The van der Waals surface area contributed by atoms with E-state index in [0.29, 0.717) is 5.92 Å². The lowest BCUT2D eigenvalue weighted by Gasteiger charge is -2.42. The molecular formula is C16H31NO2. The van der Waals surface area contributed by atoms with Gasteiger partial charge in [-0.25, -0.2) is 0 Å². The Bertz CT molecular complexity index is 280. The summed E-state index contributed by atoms with van der Waals surface area (Å²) in [5.74, 6) is 1.31. The summed E-state index contributed by atoms with van der Waals surface area (Å²) in [5.41, 5.74) is -0.0271. The van der Waals surface area contributed by atoms with E-state index in [0.717, 1.165) is 38.6 Å². The second kappa shape index (κ2) is 6.55. The van der Waals surface area contributed by atoms with Gasteiger partial charge in [-0.15, -0.1) is 0 Å². The molecule has 0 radical (unpaired) electrons. The van der Waals surface area contributed by atoms with Crippen molar-refractivity contribution in [2.75, 3.05) is 26.2 Å². The summed E-state index contributed by atoms with van der Waals surface area (Å²) < 4.78 is 5.77. The molecule has 0 aromatic heterocycles. The van der Waals surface area contributed by atoms with Crippen molar-refractivity contribution in [3.8, 4) is 0 Å². The van der Waals surface area contributed by atoms with Gasteiger partial charge in [0.15, 0.2) is 0 Å². The largest absolute Gasteiger partial charge is 0.393 e. The summed E-state index contributed by atoms with van der Waals surface area (Å²) in [7, 11) is 0. The zero-order valence-electron chi connectivity index (χ0n) is 12.9. The van der Waals surface area contributed by atoms with E-state index in [2.05, 4.69) is 25.7 Å². The zero-order chi connectivity index (χ0) is 13.9. The van der Waals surface area contributed by atoms with Gasteiger partial charge in [-0.2, -0.15) is 0 Å². The highest BCUT2D eigenvalue weighted by Crippen LogP contribution is 2.33. The molecule has 2 rings (SSSR count). The molecule has 2 fully saturated rings. The zero-order valence-corrected chi connectivity index (χ0v) is 12.9. The fraction of sp³-hybridized carbons (Fsp3) is 1.00. The van der Waals surface area contributed by atoms with Gasteiger partial charge in [0.05, 0.1) is 18.3 Å². The lowest BCUT2D eigenvalue weighted by molar-refractivity contribution is -0.0960. The monoisotopic (exact) mass is 269 g/mol. The van der Waals surface area contributed by atoms with E-state index in [9.17, 15) is 5.11 Å². The molecule has 0 aromatic carbocycles. The SMILES string of the molecule is CCCC1CCC(O)C(CN2CCOC(C)(C)C2)C1. The number of hydrogen-bond acceptors (Lipinski definition) is 3. The van der Waals surface area contributed by atoms with Crippen LogP contribution in [-0.4, -0.2) is 48.0 Å². The van der Waals surface area contributed by atoms with Crippen LogP contribution in [0.3, 0.4) is 0 Å². The number of rotatable bonds is 4. The van der Waals surface area contributed by atoms with Crippen LogP contribution < -0.4 is 0 Å². The van der Waals surface area contributed by atoms with Gasteiger partial charge >= 0.3 is 0 Å². The normalized spacial score (nSPS) is 36.3. The average Bonchev–Trinajstić information content (AvgIpc) is 2.32. The molecule has 1 saturated heterocycles. The highest BCUT2D eigenvalue weighted by atomic mass is 16.5. The van der Waals surface area contributed by atoms with Crippen molar-refractivity contribution in [2.45, 2.75) is 64.6 Å².